The summed E-state index contributed by atoms with van der Waals surface area (Å²) in [6.45, 7) is 2.20. The second kappa shape index (κ2) is 11.4. The van der Waals surface area contributed by atoms with Crippen molar-refractivity contribution >= 4 is 5.97 Å². The molecule has 0 saturated carbocycles. The summed E-state index contributed by atoms with van der Waals surface area (Å²) in [5.41, 5.74) is 0. The van der Waals surface area contributed by atoms with E-state index in [1.54, 1.807) is 7.11 Å². The predicted octanol–water partition coefficient (Wildman–Crippen LogP) is 0.105. The van der Waals surface area contributed by atoms with E-state index in [2.05, 4.69) is 0 Å². The second-order valence-electron chi connectivity index (χ2n) is 4.08. The first-order valence-electron chi connectivity index (χ1n) is 6.13. The van der Waals surface area contributed by atoms with E-state index in [-0.39, 0.29) is 25.3 Å². The highest BCUT2D eigenvalue weighted by Gasteiger charge is 2.10. The van der Waals surface area contributed by atoms with Gasteiger partial charge in [-0.1, -0.05) is 0 Å². The third kappa shape index (κ3) is 10.5. The fourth-order valence-corrected chi connectivity index (χ4v) is 1.36. The van der Waals surface area contributed by atoms with Gasteiger partial charge in [0.25, 0.3) is 0 Å². The van der Waals surface area contributed by atoms with Crippen molar-refractivity contribution in [2.45, 2.75) is 38.4 Å². The summed E-state index contributed by atoms with van der Waals surface area (Å²) in [6.07, 6.45) is 1.19. The van der Waals surface area contributed by atoms with E-state index in [9.17, 15) is 4.79 Å². The lowest BCUT2D eigenvalue weighted by molar-refractivity contribution is -0.146. The van der Waals surface area contributed by atoms with Crippen LogP contribution in [0.15, 0.2) is 0 Å². The quantitative estimate of drug-likeness (QED) is 0.407. The molecule has 2 N–H and O–H groups in total. The normalized spacial score (nSPS) is 14.2. The van der Waals surface area contributed by atoms with Crippen LogP contribution < -0.4 is 0 Å². The minimum atomic E-state index is -0.652. The van der Waals surface area contributed by atoms with Crippen LogP contribution in [0.4, 0.5) is 0 Å². The summed E-state index contributed by atoms with van der Waals surface area (Å²) in [5.74, 6) is -0.342. The highest BCUT2D eigenvalue weighted by atomic mass is 16.6. The molecule has 0 rings (SSSR count). The first kappa shape index (κ1) is 17.3. The lowest BCUT2D eigenvalue weighted by atomic mass is 10.2. The van der Waals surface area contributed by atoms with Crippen molar-refractivity contribution in [1.29, 1.82) is 0 Å². The fourth-order valence-electron chi connectivity index (χ4n) is 1.36. The average molecular weight is 264 g/mol. The third-order valence-corrected chi connectivity index (χ3v) is 2.32. The molecule has 0 aromatic carbocycles. The Morgan fingerprint density at radius 2 is 2.00 bits per heavy atom. The molecule has 0 spiro atoms. The van der Waals surface area contributed by atoms with E-state index in [1.807, 2.05) is 0 Å². The van der Waals surface area contributed by atoms with Gasteiger partial charge in [-0.25, -0.2) is 0 Å². The van der Waals surface area contributed by atoms with Crippen LogP contribution in [0.1, 0.15) is 26.2 Å². The Balaban J connectivity index is 3.59. The number of aliphatic hydroxyl groups excluding tert-OH is 2. The molecule has 2 unspecified atom stereocenters. The molecular formula is C12H24O6. The van der Waals surface area contributed by atoms with Crippen molar-refractivity contribution in [2.24, 2.45) is 0 Å². The Bertz CT molecular complexity index is 209. The Kier molecular flexibility index (Phi) is 11.0. The summed E-state index contributed by atoms with van der Waals surface area (Å²) in [4.78, 5) is 10.7. The van der Waals surface area contributed by atoms with Crippen molar-refractivity contribution in [3.8, 4) is 0 Å². The number of methoxy groups -OCH3 is 1. The molecule has 2 atom stereocenters. The molecule has 0 saturated heterocycles. The van der Waals surface area contributed by atoms with E-state index in [4.69, 9.17) is 24.4 Å². The number of carbonyl (C=O) groups excluding carboxylic acids is 1. The van der Waals surface area contributed by atoms with Crippen LogP contribution in [0.2, 0.25) is 0 Å². The first-order valence-corrected chi connectivity index (χ1v) is 6.13. The van der Waals surface area contributed by atoms with Gasteiger partial charge in [0.2, 0.25) is 0 Å². The molecule has 0 fully saturated rings. The van der Waals surface area contributed by atoms with Gasteiger partial charge >= 0.3 is 5.97 Å². The number of hydrogen-bond acceptors (Lipinski definition) is 6. The number of carbonyl (C=O) groups is 1. The zero-order valence-electron chi connectivity index (χ0n) is 11.1. The molecule has 0 aromatic rings. The second-order valence-corrected chi connectivity index (χ2v) is 4.08. The van der Waals surface area contributed by atoms with Crippen LogP contribution in [0, 0.1) is 0 Å². The van der Waals surface area contributed by atoms with Gasteiger partial charge in [-0.05, 0) is 19.3 Å². The Hall–Kier alpha value is -0.690. The Morgan fingerprint density at radius 3 is 2.56 bits per heavy atom. The summed E-state index contributed by atoms with van der Waals surface area (Å²) in [5, 5.41) is 17.8. The monoisotopic (exact) mass is 264 g/mol. The van der Waals surface area contributed by atoms with Gasteiger partial charge in [0.15, 0.2) is 0 Å². The minimum absolute atomic E-state index is 0.183. The largest absolute Gasteiger partial charge is 0.463 e. The van der Waals surface area contributed by atoms with Crippen molar-refractivity contribution in [2.75, 3.05) is 33.5 Å². The zero-order chi connectivity index (χ0) is 13.8. The van der Waals surface area contributed by atoms with E-state index in [0.717, 1.165) is 12.8 Å². The molecule has 0 heterocycles. The molecule has 6 heteroatoms. The van der Waals surface area contributed by atoms with Crippen LogP contribution in [0.25, 0.3) is 0 Å². The summed E-state index contributed by atoms with van der Waals surface area (Å²) >= 11 is 0. The summed E-state index contributed by atoms with van der Waals surface area (Å²) < 4.78 is 15.3. The molecule has 0 aliphatic carbocycles. The SMILES string of the molecule is COCC(COC(C)=O)OCCCCC(O)CO. The van der Waals surface area contributed by atoms with Gasteiger partial charge in [-0.3, -0.25) is 4.79 Å². The van der Waals surface area contributed by atoms with E-state index < -0.39 is 6.10 Å². The zero-order valence-corrected chi connectivity index (χ0v) is 11.1. The number of aliphatic hydroxyl groups is 2. The number of esters is 1. The number of hydrogen-bond donors (Lipinski definition) is 2. The molecule has 108 valence electrons. The third-order valence-electron chi connectivity index (χ3n) is 2.32. The molecule has 0 aliphatic rings. The van der Waals surface area contributed by atoms with Crippen LogP contribution >= 0.6 is 0 Å². The molecule has 0 radical (unpaired) electrons. The summed E-state index contributed by atoms with van der Waals surface area (Å²) in [6, 6.07) is 0. The minimum Gasteiger partial charge on any atom is -0.463 e. The van der Waals surface area contributed by atoms with Crippen molar-refractivity contribution in [1.82, 2.24) is 0 Å². The molecule has 0 bridgehead atoms. The predicted molar refractivity (Wildman–Crippen MR) is 65.2 cm³/mol. The van der Waals surface area contributed by atoms with Crippen LogP contribution in [-0.2, 0) is 19.0 Å². The number of ether oxygens (including phenoxy) is 3. The number of rotatable bonds is 11. The van der Waals surface area contributed by atoms with Gasteiger partial charge in [-0.15, -0.1) is 0 Å². The van der Waals surface area contributed by atoms with Crippen molar-refractivity contribution < 1.29 is 29.2 Å². The topological polar surface area (TPSA) is 85.2 Å². The maximum absolute atomic E-state index is 10.7. The van der Waals surface area contributed by atoms with Crippen LogP contribution in [0.5, 0.6) is 0 Å². The highest BCUT2D eigenvalue weighted by Crippen LogP contribution is 2.03. The molecule has 0 aromatic heterocycles. The highest BCUT2D eigenvalue weighted by molar-refractivity contribution is 5.65. The van der Waals surface area contributed by atoms with Gasteiger partial charge in [0.05, 0.1) is 19.3 Å². The smallest absolute Gasteiger partial charge is 0.302 e. The van der Waals surface area contributed by atoms with E-state index in [0.29, 0.717) is 19.6 Å². The van der Waals surface area contributed by atoms with Crippen molar-refractivity contribution in [3.05, 3.63) is 0 Å². The lowest BCUT2D eigenvalue weighted by Gasteiger charge is -2.16. The fraction of sp³-hybridized carbons (Fsp3) is 0.917. The molecule has 18 heavy (non-hydrogen) atoms. The Morgan fingerprint density at radius 1 is 1.28 bits per heavy atom. The lowest BCUT2D eigenvalue weighted by Crippen LogP contribution is -2.26. The number of unbranched alkanes of at least 4 members (excludes halogenated alkanes) is 1. The standard InChI is InChI=1S/C12H24O6/c1-10(14)18-9-12(8-16-2)17-6-4-3-5-11(15)7-13/h11-13,15H,3-9H2,1-2H3. The molecule has 0 amide bonds. The maximum atomic E-state index is 10.7. The van der Waals surface area contributed by atoms with Gasteiger partial charge in [0, 0.05) is 20.6 Å². The van der Waals surface area contributed by atoms with Gasteiger partial charge in [-0.2, -0.15) is 0 Å². The Labute approximate surface area is 108 Å². The van der Waals surface area contributed by atoms with Gasteiger partial charge in [0.1, 0.15) is 12.7 Å². The first-order chi connectivity index (χ1) is 8.60. The van der Waals surface area contributed by atoms with Crippen LogP contribution in [0.3, 0.4) is 0 Å². The average Bonchev–Trinajstić information content (AvgIpc) is 2.34. The van der Waals surface area contributed by atoms with E-state index in [1.165, 1.54) is 6.92 Å². The molecule has 6 nitrogen and oxygen atoms in total. The van der Waals surface area contributed by atoms with Crippen LogP contribution in [-0.4, -0.2) is 61.9 Å². The summed E-state index contributed by atoms with van der Waals surface area (Å²) in [7, 11) is 1.56. The van der Waals surface area contributed by atoms with Gasteiger partial charge < -0.3 is 24.4 Å². The van der Waals surface area contributed by atoms with Crippen molar-refractivity contribution in [3.63, 3.8) is 0 Å². The molecular weight excluding hydrogens is 240 g/mol. The van der Waals surface area contributed by atoms with E-state index >= 15 is 0 Å². The molecule has 0 aliphatic heterocycles. The maximum Gasteiger partial charge on any atom is 0.302 e.